The fourth-order valence-electron chi connectivity index (χ4n) is 5.12. The number of carboxylic acids is 1. The molecule has 16 nitrogen and oxygen atoms in total. The summed E-state index contributed by atoms with van der Waals surface area (Å²) in [6.45, 7) is 1.57. The number of nitrogens with two attached hydrogens (primary N) is 1. The molecule has 0 unspecified atom stereocenters. The Morgan fingerprint density at radius 3 is 2.42 bits per heavy atom. The van der Waals surface area contributed by atoms with Gasteiger partial charge in [-0.25, -0.2) is 4.57 Å². The van der Waals surface area contributed by atoms with Crippen LogP contribution in [-0.2, 0) is 20.9 Å². The first-order valence-corrected chi connectivity index (χ1v) is 17.0. The summed E-state index contributed by atoms with van der Waals surface area (Å²) in [5.74, 6) is -1.12. The van der Waals surface area contributed by atoms with Crippen molar-refractivity contribution in [3.8, 4) is 17.7 Å². The number of anilines is 2. The molecule has 0 bridgehead atoms. The zero-order valence-electron chi connectivity index (χ0n) is 28.2. The number of aliphatic imine (C=N–C) groups is 1. The number of aliphatic hydroxyl groups excluding tert-OH is 3. The number of rotatable bonds is 17. The Hall–Kier alpha value is -5.02. The van der Waals surface area contributed by atoms with E-state index in [0.29, 0.717) is 36.4 Å². The minimum Gasteiger partial charge on any atom is -0.547 e. The number of halogens is 1. The topological polar surface area (TPSA) is 248 Å². The van der Waals surface area contributed by atoms with Crippen molar-refractivity contribution in [1.29, 1.82) is 5.26 Å². The Labute approximate surface area is 305 Å². The molecule has 0 saturated carbocycles. The number of hydrogen-bond donors (Lipinski definition) is 7. The van der Waals surface area contributed by atoms with Crippen molar-refractivity contribution in [2.24, 2.45) is 10.7 Å². The van der Waals surface area contributed by atoms with Gasteiger partial charge in [0.05, 0.1) is 24.0 Å². The van der Waals surface area contributed by atoms with Crippen LogP contribution in [0, 0.1) is 11.5 Å². The van der Waals surface area contributed by atoms with Crippen molar-refractivity contribution in [3.05, 3.63) is 77.6 Å². The van der Waals surface area contributed by atoms with Crippen molar-refractivity contribution >= 4 is 40.8 Å². The number of aliphatic carboxylic acids is 1. The molecule has 1 amide bonds. The van der Waals surface area contributed by atoms with Gasteiger partial charge in [0.15, 0.2) is 25.1 Å². The lowest BCUT2D eigenvalue weighted by Gasteiger charge is -2.40. The summed E-state index contributed by atoms with van der Waals surface area (Å²) in [6.07, 6.45) is -0.151. The highest BCUT2D eigenvalue weighted by Crippen LogP contribution is 2.31. The first-order valence-electron chi connectivity index (χ1n) is 16.6. The summed E-state index contributed by atoms with van der Waals surface area (Å²) in [6, 6.07) is 15.6. The molecular formula is C35H42ClN7O9. The highest BCUT2D eigenvalue weighted by Gasteiger charge is 2.45. The van der Waals surface area contributed by atoms with Gasteiger partial charge in [0.2, 0.25) is 18.2 Å². The van der Waals surface area contributed by atoms with E-state index in [1.165, 1.54) is 6.07 Å². The largest absolute Gasteiger partial charge is 0.547 e. The van der Waals surface area contributed by atoms with E-state index >= 15 is 0 Å². The molecule has 17 heteroatoms. The zero-order valence-corrected chi connectivity index (χ0v) is 28.9. The summed E-state index contributed by atoms with van der Waals surface area (Å²) in [4.78, 5) is 28.3. The van der Waals surface area contributed by atoms with E-state index in [2.05, 4.69) is 20.9 Å². The molecule has 0 spiro atoms. The van der Waals surface area contributed by atoms with Crippen LogP contribution in [0.25, 0.3) is 0 Å². The normalized spacial score (nSPS) is 20.0. The van der Waals surface area contributed by atoms with Crippen molar-refractivity contribution in [1.82, 2.24) is 5.32 Å². The van der Waals surface area contributed by atoms with Crippen LogP contribution in [0.3, 0.4) is 0 Å². The maximum absolute atomic E-state index is 12.4. The number of nitrogens with one attached hydrogen (secondary N) is 3. The molecule has 52 heavy (non-hydrogen) atoms. The summed E-state index contributed by atoms with van der Waals surface area (Å²) in [5, 5.41) is 60.1. The number of carbonyl (C=O) groups excluding carboxylic acids is 2. The maximum Gasteiger partial charge on any atom is 0.229 e. The van der Waals surface area contributed by atoms with Gasteiger partial charge in [-0.3, -0.25) is 15.1 Å². The van der Waals surface area contributed by atoms with Gasteiger partial charge in [0, 0.05) is 42.2 Å². The van der Waals surface area contributed by atoms with Crippen molar-refractivity contribution < 1.29 is 48.8 Å². The third-order valence-corrected chi connectivity index (χ3v) is 8.08. The molecule has 0 aliphatic carbocycles. The first kappa shape index (κ1) is 39.8. The smallest absolute Gasteiger partial charge is 0.229 e. The minimum absolute atomic E-state index is 0.000309. The third-order valence-electron chi connectivity index (χ3n) is 7.83. The van der Waals surface area contributed by atoms with Crippen molar-refractivity contribution in [2.75, 3.05) is 30.3 Å². The Balaban J connectivity index is 1.32. The average molecular weight is 740 g/mol. The number of aromatic nitrogens is 1. The molecule has 4 rings (SSSR count). The quantitative estimate of drug-likeness (QED) is 0.0247. The molecule has 3 aromatic rings. The van der Waals surface area contributed by atoms with E-state index in [1.807, 2.05) is 22.9 Å². The molecular weight excluding hydrogens is 698 g/mol. The van der Waals surface area contributed by atoms with Gasteiger partial charge in [-0.15, -0.1) is 0 Å². The van der Waals surface area contributed by atoms with Crippen molar-refractivity contribution in [2.45, 2.75) is 69.4 Å². The van der Waals surface area contributed by atoms with Crippen LogP contribution < -0.4 is 40.8 Å². The summed E-state index contributed by atoms with van der Waals surface area (Å²) >= 11 is 5.89. The van der Waals surface area contributed by atoms with Crippen LogP contribution in [0.2, 0.25) is 5.02 Å². The molecule has 278 valence electrons. The number of pyridine rings is 1. The lowest BCUT2D eigenvalue weighted by Crippen LogP contribution is -2.63. The standard InChI is InChI=1S/C35H42ClN7O9/c36-23-6-8-25(9-7-23)50-18-4-2-1-3-15-39-35(40-21-38)41-24-12-16-43(17-13-24)20-22-5-10-27(26(19-22)42-28(44)11-14-37)51-34-31(47)29(45)30(46)32(52-34)33(48)49/h5-10,12-13,16-17,19,29-32,34,45-47H,1-4,11,14-15,18,20,37H2,(H3,39,40,42,44,48,49)/t29-,30-,31+,32-,34+/m0/s1. The molecule has 2 aromatic carbocycles. The summed E-state index contributed by atoms with van der Waals surface area (Å²) in [7, 11) is 0. The van der Waals surface area contributed by atoms with Gasteiger partial charge >= 0.3 is 0 Å². The van der Waals surface area contributed by atoms with Gasteiger partial charge in [0.25, 0.3) is 0 Å². The molecule has 1 fully saturated rings. The monoisotopic (exact) mass is 739 g/mol. The number of carbonyl (C=O) groups is 2. The average Bonchev–Trinajstić information content (AvgIpc) is 3.12. The number of ether oxygens (including phenoxy) is 3. The lowest BCUT2D eigenvalue weighted by molar-refractivity contribution is -0.688. The number of guanidine groups is 1. The Morgan fingerprint density at radius 1 is 1.00 bits per heavy atom. The number of aliphatic hydroxyl groups is 3. The second kappa shape index (κ2) is 20.1. The molecule has 8 N–H and O–H groups in total. The van der Waals surface area contributed by atoms with Crippen LogP contribution in [-0.4, -0.2) is 83.6 Å². The van der Waals surface area contributed by atoms with Gasteiger partial charge in [-0.1, -0.05) is 18.0 Å². The van der Waals surface area contributed by atoms with Gasteiger partial charge < -0.3 is 55.8 Å². The van der Waals surface area contributed by atoms with Crippen molar-refractivity contribution in [3.63, 3.8) is 0 Å². The highest BCUT2D eigenvalue weighted by atomic mass is 35.5. The third kappa shape index (κ3) is 12.0. The molecule has 1 aliphatic rings. The maximum atomic E-state index is 12.4. The fourth-order valence-corrected chi connectivity index (χ4v) is 5.25. The van der Waals surface area contributed by atoms with Gasteiger partial charge in [-0.05, 0) is 61.7 Å². The van der Waals surface area contributed by atoms with Gasteiger partial charge in [-0.2, -0.15) is 5.26 Å². The van der Waals surface area contributed by atoms with Crippen LogP contribution in [0.15, 0.2) is 72.0 Å². The Kier molecular flexibility index (Phi) is 15.4. The van der Waals surface area contributed by atoms with E-state index in [4.69, 9.17) is 31.5 Å². The van der Waals surface area contributed by atoms with E-state index in [0.717, 1.165) is 37.0 Å². The fraction of sp³-hybridized carbons (Fsp3) is 0.400. The second-order valence-corrected chi connectivity index (χ2v) is 12.3. The minimum atomic E-state index is -1.96. The Bertz CT molecular complexity index is 1690. The molecule has 2 heterocycles. The second-order valence-electron chi connectivity index (χ2n) is 11.8. The van der Waals surface area contributed by atoms with E-state index in [-0.39, 0.29) is 24.4 Å². The predicted octanol–water partition coefficient (Wildman–Crippen LogP) is 0.377. The summed E-state index contributed by atoms with van der Waals surface area (Å²) in [5.41, 5.74) is 7.10. The lowest BCUT2D eigenvalue weighted by atomic mass is 9.99. The number of carboxylic acid groups (broad SMARTS) is 1. The summed E-state index contributed by atoms with van der Waals surface area (Å²) < 4.78 is 18.4. The molecule has 0 radical (unpaired) electrons. The number of hydrogen-bond acceptors (Lipinski definition) is 12. The van der Waals surface area contributed by atoms with E-state index < -0.39 is 42.6 Å². The van der Waals surface area contributed by atoms with Crippen LogP contribution in [0.4, 0.5) is 11.4 Å². The first-order chi connectivity index (χ1) is 25.1. The van der Waals surface area contributed by atoms with E-state index in [9.17, 15) is 35.3 Å². The SMILES string of the molecule is N#CNC(=NCCCCCCOc1ccc(Cl)cc1)Nc1cc[n+](Cc2ccc(O[C@@H]3O[C@H](C(=O)[O-])[C@@H](O)[C@H](O)[C@H]3O)c(NC(=O)CCN)c2)cc1. The number of unbranched alkanes of at least 4 members (excludes halogenated alkanes) is 3. The van der Waals surface area contributed by atoms with Crippen LogP contribution >= 0.6 is 11.6 Å². The van der Waals surface area contributed by atoms with E-state index in [1.54, 1.807) is 48.8 Å². The molecule has 1 saturated heterocycles. The van der Waals surface area contributed by atoms with Crippen LogP contribution in [0.5, 0.6) is 11.5 Å². The Morgan fingerprint density at radius 2 is 1.73 bits per heavy atom. The molecule has 5 atom stereocenters. The van der Waals surface area contributed by atoms with Crippen LogP contribution in [0.1, 0.15) is 37.7 Å². The number of nitriles is 1. The molecule has 1 aliphatic heterocycles. The molecule has 1 aromatic heterocycles. The highest BCUT2D eigenvalue weighted by molar-refractivity contribution is 6.30. The zero-order chi connectivity index (χ0) is 37.5. The predicted molar refractivity (Wildman–Crippen MR) is 187 cm³/mol. The van der Waals surface area contributed by atoms with Gasteiger partial charge in [0.1, 0.15) is 35.9 Å². The number of amides is 1. The number of nitrogens with zero attached hydrogens (tertiary/aromatic N) is 3. The number of benzene rings is 2.